The maximum absolute atomic E-state index is 12.1. The summed E-state index contributed by atoms with van der Waals surface area (Å²) in [5.74, 6) is 0.0228. The van der Waals surface area contributed by atoms with Crippen LogP contribution in [0, 0.1) is 0 Å². The van der Waals surface area contributed by atoms with Gasteiger partial charge in [-0.05, 0) is 32.6 Å². The van der Waals surface area contributed by atoms with Crippen LogP contribution < -0.4 is 11.1 Å². The summed E-state index contributed by atoms with van der Waals surface area (Å²) in [6.45, 7) is 1.23. The summed E-state index contributed by atoms with van der Waals surface area (Å²) < 4.78 is 0. The highest BCUT2D eigenvalue weighted by Gasteiger charge is 2.21. The first-order chi connectivity index (χ1) is 8.16. The molecular weight excluding hydrogens is 214 g/mol. The van der Waals surface area contributed by atoms with Crippen molar-refractivity contribution in [1.29, 1.82) is 0 Å². The van der Waals surface area contributed by atoms with Gasteiger partial charge in [0.25, 0.3) is 0 Å². The van der Waals surface area contributed by atoms with E-state index < -0.39 is 0 Å². The van der Waals surface area contributed by atoms with Gasteiger partial charge in [-0.2, -0.15) is 0 Å². The number of hydrogen-bond acceptors (Lipinski definition) is 3. The van der Waals surface area contributed by atoms with E-state index in [0.717, 1.165) is 12.0 Å². The Balaban J connectivity index is 2.70. The molecule has 0 radical (unpaired) electrons. The lowest BCUT2D eigenvalue weighted by Crippen LogP contribution is -2.37. The number of nitrogens with zero attached hydrogens (tertiary/aromatic N) is 1. The molecule has 1 rings (SSSR count). The van der Waals surface area contributed by atoms with Crippen LogP contribution in [0.3, 0.4) is 0 Å². The minimum absolute atomic E-state index is 0.0228. The van der Waals surface area contributed by atoms with E-state index in [1.54, 1.807) is 0 Å². The minimum Gasteiger partial charge on any atom is -0.354 e. The number of carbonyl (C=O) groups is 1. The van der Waals surface area contributed by atoms with E-state index in [1.165, 1.54) is 0 Å². The average molecular weight is 235 g/mol. The summed E-state index contributed by atoms with van der Waals surface area (Å²) in [6, 6.07) is 9.52. The molecule has 0 fully saturated rings. The van der Waals surface area contributed by atoms with Crippen LogP contribution in [0.1, 0.15) is 18.0 Å². The number of likely N-dealkylation sites (N-methyl/N-ethyl adjacent to an activating group) is 1. The Morgan fingerprint density at radius 3 is 2.53 bits per heavy atom. The predicted molar refractivity (Wildman–Crippen MR) is 69.6 cm³/mol. The Morgan fingerprint density at radius 2 is 2.00 bits per heavy atom. The zero-order valence-electron chi connectivity index (χ0n) is 10.5. The second-order valence-corrected chi connectivity index (χ2v) is 4.21. The van der Waals surface area contributed by atoms with Crippen molar-refractivity contribution in [3.63, 3.8) is 0 Å². The number of nitrogens with one attached hydrogen (secondary N) is 1. The molecule has 4 nitrogen and oxygen atoms in total. The Kier molecular flexibility index (Phi) is 5.66. The first-order valence-corrected chi connectivity index (χ1v) is 5.86. The maximum atomic E-state index is 12.1. The quantitative estimate of drug-likeness (QED) is 0.716. The lowest BCUT2D eigenvalue weighted by Gasteiger charge is -2.23. The molecule has 0 saturated carbocycles. The van der Waals surface area contributed by atoms with Crippen molar-refractivity contribution in [3.05, 3.63) is 35.9 Å². The fourth-order valence-electron chi connectivity index (χ4n) is 1.73. The molecule has 1 atom stereocenters. The lowest BCUT2D eigenvalue weighted by molar-refractivity contribution is -0.125. The van der Waals surface area contributed by atoms with E-state index in [2.05, 4.69) is 5.32 Å². The highest BCUT2D eigenvalue weighted by atomic mass is 16.2. The molecule has 0 aliphatic heterocycles. The number of carbonyl (C=O) groups excluding carboxylic acids is 1. The van der Waals surface area contributed by atoms with Crippen LogP contribution >= 0.6 is 0 Å². The molecule has 17 heavy (non-hydrogen) atoms. The zero-order chi connectivity index (χ0) is 12.7. The first kappa shape index (κ1) is 13.7. The van der Waals surface area contributed by atoms with Crippen molar-refractivity contribution in [3.8, 4) is 0 Å². The Morgan fingerprint density at radius 1 is 1.35 bits per heavy atom. The molecule has 0 aliphatic carbocycles. The third kappa shape index (κ3) is 4.17. The molecule has 1 aromatic carbocycles. The highest BCUT2D eigenvalue weighted by molar-refractivity contribution is 5.83. The normalized spacial score (nSPS) is 12.5. The van der Waals surface area contributed by atoms with Crippen LogP contribution in [0.2, 0.25) is 0 Å². The van der Waals surface area contributed by atoms with E-state index >= 15 is 0 Å². The predicted octanol–water partition coefficient (Wildman–Crippen LogP) is 0.754. The van der Waals surface area contributed by atoms with E-state index in [4.69, 9.17) is 5.73 Å². The summed E-state index contributed by atoms with van der Waals surface area (Å²) in [6.07, 6.45) is 0.806. The molecule has 0 saturated heterocycles. The van der Waals surface area contributed by atoms with E-state index in [1.807, 2.05) is 49.3 Å². The van der Waals surface area contributed by atoms with E-state index in [0.29, 0.717) is 13.1 Å². The summed E-state index contributed by atoms with van der Waals surface area (Å²) in [5, 5.41) is 2.90. The minimum atomic E-state index is -0.242. The smallest absolute Gasteiger partial charge is 0.241 e. The van der Waals surface area contributed by atoms with Gasteiger partial charge in [0.1, 0.15) is 6.04 Å². The van der Waals surface area contributed by atoms with E-state index in [9.17, 15) is 4.79 Å². The molecule has 4 heteroatoms. The van der Waals surface area contributed by atoms with Crippen LogP contribution in [-0.2, 0) is 4.79 Å². The fourth-order valence-corrected chi connectivity index (χ4v) is 1.73. The number of nitrogens with two attached hydrogens (primary N) is 1. The van der Waals surface area contributed by atoms with Gasteiger partial charge in [0.2, 0.25) is 5.91 Å². The Labute approximate surface area is 103 Å². The van der Waals surface area contributed by atoms with Gasteiger partial charge in [-0.15, -0.1) is 0 Å². The van der Waals surface area contributed by atoms with Crippen LogP contribution in [0.25, 0.3) is 0 Å². The van der Waals surface area contributed by atoms with Crippen LogP contribution in [0.15, 0.2) is 30.3 Å². The van der Waals surface area contributed by atoms with Gasteiger partial charge < -0.3 is 11.1 Å². The van der Waals surface area contributed by atoms with Gasteiger partial charge in [-0.25, -0.2) is 0 Å². The van der Waals surface area contributed by atoms with Crippen molar-refractivity contribution in [1.82, 2.24) is 10.2 Å². The van der Waals surface area contributed by atoms with Gasteiger partial charge in [0.15, 0.2) is 0 Å². The van der Waals surface area contributed by atoms with Crippen molar-refractivity contribution in [2.45, 2.75) is 12.5 Å². The van der Waals surface area contributed by atoms with Crippen LogP contribution in [0.4, 0.5) is 0 Å². The highest BCUT2D eigenvalue weighted by Crippen LogP contribution is 2.17. The largest absolute Gasteiger partial charge is 0.354 e. The number of benzene rings is 1. The monoisotopic (exact) mass is 235 g/mol. The van der Waals surface area contributed by atoms with Crippen molar-refractivity contribution in [2.24, 2.45) is 5.73 Å². The van der Waals surface area contributed by atoms with E-state index in [-0.39, 0.29) is 11.9 Å². The maximum Gasteiger partial charge on any atom is 0.241 e. The van der Waals surface area contributed by atoms with Crippen molar-refractivity contribution in [2.75, 3.05) is 27.2 Å². The topological polar surface area (TPSA) is 58.4 Å². The number of rotatable bonds is 6. The molecular formula is C13H21N3O. The third-order valence-corrected chi connectivity index (χ3v) is 2.56. The summed E-state index contributed by atoms with van der Waals surface area (Å²) in [4.78, 5) is 14.0. The number of amides is 1. The lowest BCUT2D eigenvalue weighted by atomic mass is 10.1. The van der Waals surface area contributed by atoms with Crippen LogP contribution in [-0.4, -0.2) is 38.0 Å². The molecule has 1 aromatic rings. The molecule has 0 aromatic heterocycles. The third-order valence-electron chi connectivity index (χ3n) is 2.56. The van der Waals surface area contributed by atoms with Gasteiger partial charge in [-0.3, -0.25) is 9.69 Å². The van der Waals surface area contributed by atoms with Gasteiger partial charge >= 0.3 is 0 Å². The average Bonchev–Trinajstić information content (AvgIpc) is 2.30. The summed E-state index contributed by atoms with van der Waals surface area (Å²) >= 11 is 0. The zero-order valence-corrected chi connectivity index (χ0v) is 10.5. The Hall–Kier alpha value is -1.39. The van der Waals surface area contributed by atoms with Crippen LogP contribution in [0.5, 0.6) is 0 Å². The van der Waals surface area contributed by atoms with Gasteiger partial charge in [0, 0.05) is 6.54 Å². The standard InChI is InChI=1S/C13H21N3O/c1-16(2)12(11-7-4-3-5-8-11)13(17)15-10-6-9-14/h3-5,7-8,12H,6,9-10,14H2,1-2H3,(H,15,17). The molecule has 94 valence electrons. The second kappa shape index (κ2) is 7.04. The molecule has 1 unspecified atom stereocenters. The number of hydrogen-bond donors (Lipinski definition) is 2. The molecule has 0 heterocycles. The van der Waals surface area contributed by atoms with Crippen molar-refractivity contribution < 1.29 is 4.79 Å². The van der Waals surface area contributed by atoms with Gasteiger partial charge in [-0.1, -0.05) is 30.3 Å². The van der Waals surface area contributed by atoms with Gasteiger partial charge in [0.05, 0.1) is 0 Å². The molecule has 3 N–H and O–H groups in total. The summed E-state index contributed by atoms with van der Waals surface area (Å²) in [7, 11) is 3.81. The SMILES string of the molecule is CN(C)C(C(=O)NCCCN)c1ccccc1. The molecule has 0 bridgehead atoms. The fraction of sp³-hybridized carbons (Fsp3) is 0.462. The molecule has 0 spiro atoms. The summed E-state index contributed by atoms with van der Waals surface area (Å²) in [5.41, 5.74) is 6.40. The first-order valence-electron chi connectivity index (χ1n) is 5.86. The molecule has 0 aliphatic rings. The molecule has 1 amide bonds. The Bertz CT molecular complexity index is 338. The van der Waals surface area contributed by atoms with Crippen molar-refractivity contribution >= 4 is 5.91 Å². The second-order valence-electron chi connectivity index (χ2n) is 4.21.